The SMILES string of the molecule is C=COC(=O)OC(C)(C=CC)C(=O)O. The van der Waals surface area contributed by atoms with Crippen LogP contribution < -0.4 is 0 Å². The second-order valence-electron chi connectivity index (χ2n) is 2.55. The van der Waals surface area contributed by atoms with Gasteiger partial charge >= 0.3 is 12.1 Å². The van der Waals surface area contributed by atoms with Crippen molar-refractivity contribution in [2.75, 3.05) is 0 Å². The van der Waals surface area contributed by atoms with Crippen LogP contribution in [0, 0.1) is 0 Å². The average Bonchev–Trinajstić information content (AvgIpc) is 2.04. The maximum Gasteiger partial charge on any atom is 0.514 e. The van der Waals surface area contributed by atoms with Crippen LogP contribution in [0.15, 0.2) is 25.0 Å². The van der Waals surface area contributed by atoms with Crippen LogP contribution in [0.3, 0.4) is 0 Å². The molecule has 0 saturated heterocycles. The van der Waals surface area contributed by atoms with Gasteiger partial charge in [0, 0.05) is 0 Å². The number of aliphatic carboxylic acids is 1. The van der Waals surface area contributed by atoms with Gasteiger partial charge in [-0.05, 0) is 19.9 Å². The fraction of sp³-hybridized carbons (Fsp3) is 0.333. The van der Waals surface area contributed by atoms with Crippen molar-refractivity contribution in [1.82, 2.24) is 0 Å². The van der Waals surface area contributed by atoms with E-state index in [0.717, 1.165) is 6.26 Å². The third-order valence-corrected chi connectivity index (χ3v) is 1.38. The summed E-state index contributed by atoms with van der Waals surface area (Å²) < 4.78 is 8.80. The van der Waals surface area contributed by atoms with Crippen molar-refractivity contribution in [3.63, 3.8) is 0 Å². The summed E-state index contributed by atoms with van der Waals surface area (Å²) in [4.78, 5) is 21.6. The van der Waals surface area contributed by atoms with Crippen LogP contribution in [0.4, 0.5) is 4.79 Å². The Hall–Kier alpha value is -1.78. The van der Waals surface area contributed by atoms with Crippen molar-refractivity contribution >= 4 is 12.1 Å². The molecule has 0 heterocycles. The van der Waals surface area contributed by atoms with Crippen molar-refractivity contribution in [2.24, 2.45) is 0 Å². The number of hydrogen-bond acceptors (Lipinski definition) is 4. The van der Waals surface area contributed by atoms with Gasteiger partial charge in [0.2, 0.25) is 5.60 Å². The highest BCUT2D eigenvalue weighted by Gasteiger charge is 2.35. The standard InChI is InChI=1S/C9H12O5/c1-4-6-9(3,7(10)11)14-8(12)13-5-2/h4-6H,2H2,1,3H3,(H,10,11). The van der Waals surface area contributed by atoms with Crippen molar-refractivity contribution < 1.29 is 24.2 Å². The number of carbonyl (C=O) groups is 2. The molecule has 0 radical (unpaired) electrons. The molecule has 1 N–H and O–H groups in total. The summed E-state index contributed by atoms with van der Waals surface area (Å²) in [6.45, 7) is 5.98. The molecule has 1 atom stereocenters. The van der Waals surface area contributed by atoms with E-state index in [9.17, 15) is 9.59 Å². The Kier molecular flexibility index (Phi) is 4.42. The molecule has 0 spiro atoms. The molecule has 0 aliphatic carbocycles. The van der Waals surface area contributed by atoms with Crippen LogP contribution >= 0.6 is 0 Å². The number of allylic oxidation sites excluding steroid dienone is 1. The number of hydrogen-bond donors (Lipinski definition) is 1. The van der Waals surface area contributed by atoms with Gasteiger partial charge in [0.15, 0.2) is 0 Å². The summed E-state index contributed by atoms with van der Waals surface area (Å²) in [6, 6.07) is 0. The largest absolute Gasteiger partial charge is 0.514 e. The highest BCUT2D eigenvalue weighted by molar-refractivity contribution is 5.82. The third kappa shape index (κ3) is 3.30. The van der Waals surface area contributed by atoms with Gasteiger partial charge in [-0.15, -0.1) is 0 Å². The number of rotatable bonds is 4. The minimum absolute atomic E-state index is 0.861. The Labute approximate surface area is 81.6 Å². The Morgan fingerprint density at radius 3 is 2.43 bits per heavy atom. The van der Waals surface area contributed by atoms with Gasteiger partial charge in [-0.3, -0.25) is 0 Å². The summed E-state index contributed by atoms with van der Waals surface area (Å²) in [5, 5.41) is 8.77. The van der Waals surface area contributed by atoms with E-state index in [2.05, 4.69) is 16.1 Å². The average molecular weight is 200 g/mol. The van der Waals surface area contributed by atoms with Crippen LogP contribution in [-0.4, -0.2) is 22.8 Å². The van der Waals surface area contributed by atoms with Crippen molar-refractivity contribution in [2.45, 2.75) is 19.4 Å². The number of ether oxygens (including phenoxy) is 2. The summed E-state index contributed by atoms with van der Waals surface area (Å²) in [5.41, 5.74) is -1.71. The Morgan fingerprint density at radius 2 is 2.07 bits per heavy atom. The second-order valence-corrected chi connectivity index (χ2v) is 2.55. The Bertz CT molecular complexity index is 268. The van der Waals surface area contributed by atoms with E-state index in [1.807, 2.05) is 0 Å². The maximum absolute atomic E-state index is 10.8. The van der Waals surface area contributed by atoms with Gasteiger partial charge in [-0.25, -0.2) is 9.59 Å². The van der Waals surface area contributed by atoms with Crippen LogP contribution in [0.2, 0.25) is 0 Å². The minimum atomic E-state index is -1.71. The molecule has 0 aromatic heterocycles. The molecule has 5 heteroatoms. The van der Waals surface area contributed by atoms with E-state index in [-0.39, 0.29) is 0 Å². The first kappa shape index (κ1) is 12.2. The summed E-state index contributed by atoms with van der Waals surface area (Å²) in [6.07, 6.45) is 2.46. The van der Waals surface area contributed by atoms with Gasteiger partial charge < -0.3 is 14.6 Å². The lowest BCUT2D eigenvalue weighted by molar-refractivity contribution is -0.153. The quantitative estimate of drug-likeness (QED) is 0.424. The topological polar surface area (TPSA) is 72.8 Å². The summed E-state index contributed by atoms with van der Waals surface area (Å²) in [5.74, 6) is -1.28. The lowest BCUT2D eigenvalue weighted by Crippen LogP contribution is -2.38. The van der Waals surface area contributed by atoms with Crippen LogP contribution in [0.1, 0.15) is 13.8 Å². The van der Waals surface area contributed by atoms with Gasteiger partial charge in [-0.2, -0.15) is 0 Å². The molecular formula is C9H12O5. The fourth-order valence-electron chi connectivity index (χ4n) is 0.732. The van der Waals surface area contributed by atoms with E-state index in [1.54, 1.807) is 6.92 Å². The van der Waals surface area contributed by atoms with Gasteiger partial charge in [0.1, 0.15) is 0 Å². The summed E-state index contributed by atoms with van der Waals surface area (Å²) in [7, 11) is 0. The highest BCUT2D eigenvalue weighted by Crippen LogP contribution is 2.14. The monoisotopic (exact) mass is 200 g/mol. The first-order chi connectivity index (χ1) is 6.46. The number of carboxylic acids is 1. The zero-order valence-corrected chi connectivity index (χ0v) is 8.02. The van der Waals surface area contributed by atoms with Crippen LogP contribution in [-0.2, 0) is 14.3 Å². The summed E-state index contributed by atoms with van der Waals surface area (Å²) >= 11 is 0. The molecule has 0 rings (SSSR count). The highest BCUT2D eigenvalue weighted by atomic mass is 16.7. The van der Waals surface area contributed by atoms with Crippen LogP contribution in [0.5, 0.6) is 0 Å². The molecule has 1 unspecified atom stereocenters. The predicted octanol–water partition coefficient (Wildman–Crippen LogP) is 1.70. The predicted molar refractivity (Wildman–Crippen MR) is 48.6 cm³/mol. The maximum atomic E-state index is 10.8. The minimum Gasteiger partial charge on any atom is -0.478 e. The van der Waals surface area contributed by atoms with Crippen molar-refractivity contribution in [3.05, 3.63) is 25.0 Å². The van der Waals surface area contributed by atoms with E-state index in [4.69, 9.17) is 5.11 Å². The normalized spacial score (nSPS) is 14.4. The molecule has 0 fully saturated rings. The zero-order valence-electron chi connectivity index (χ0n) is 8.02. The molecule has 0 aromatic rings. The lowest BCUT2D eigenvalue weighted by atomic mass is 10.1. The molecule has 5 nitrogen and oxygen atoms in total. The smallest absolute Gasteiger partial charge is 0.478 e. The molecule has 0 aliphatic rings. The lowest BCUT2D eigenvalue weighted by Gasteiger charge is -2.19. The first-order valence-electron chi connectivity index (χ1n) is 3.84. The fourth-order valence-corrected chi connectivity index (χ4v) is 0.732. The van der Waals surface area contributed by atoms with E-state index in [1.165, 1.54) is 19.1 Å². The molecular weight excluding hydrogens is 188 g/mol. The zero-order chi connectivity index (χ0) is 11.2. The molecule has 0 aromatic carbocycles. The van der Waals surface area contributed by atoms with E-state index in [0.29, 0.717) is 0 Å². The third-order valence-electron chi connectivity index (χ3n) is 1.38. The van der Waals surface area contributed by atoms with Gasteiger partial charge in [0.05, 0.1) is 6.26 Å². The van der Waals surface area contributed by atoms with E-state index < -0.39 is 17.7 Å². The van der Waals surface area contributed by atoms with Gasteiger partial charge in [0.25, 0.3) is 0 Å². The molecule has 0 aliphatic heterocycles. The number of carboxylic acid groups (broad SMARTS) is 1. The molecule has 0 amide bonds. The van der Waals surface area contributed by atoms with Gasteiger partial charge in [-0.1, -0.05) is 12.7 Å². The molecule has 0 bridgehead atoms. The van der Waals surface area contributed by atoms with Crippen molar-refractivity contribution in [1.29, 1.82) is 0 Å². The van der Waals surface area contributed by atoms with Crippen LogP contribution in [0.25, 0.3) is 0 Å². The molecule has 14 heavy (non-hydrogen) atoms. The second kappa shape index (κ2) is 5.06. The Morgan fingerprint density at radius 1 is 1.50 bits per heavy atom. The Balaban J connectivity index is 4.60. The first-order valence-corrected chi connectivity index (χ1v) is 3.84. The molecule has 78 valence electrons. The van der Waals surface area contributed by atoms with Crippen molar-refractivity contribution in [3.8, 4) is 0 Å². The number of carbonyl (C=O) groups excluding carboxylic acids is 1. The molecule has 0 saturated carbocycles. The van der Waals surface area contributed by atoms with E-state index >= 15 is 0 Å².